The topological polar surface area (TPSA) is 98.1 Å². The summed E-state index contributed by atoms with van der Waals surface area (Å²) in [6.45, 7) is 1.44. The number of benzene rings is 2. The predicted octanol–water partition coefficient (Wildman–Crippen LogP) is 3.32. The van der Waals surface area contributed by atoms with Crippen molar-refractivity contribution >= 4 is 27.5 Å². The van der Waals surface area contributed by atoms with Crippen LogP contribution in [0.1, 0.15) is 5.76 Å². The van der Waals surface area contributed by atoms with E-state index in [1.807, 2.05) is 18.2 Å². The molecule has 0 aliphatic carbocycles. The molecular weight excluding hydrogens is 468 g/mol. The number of nitrogens with one attached hydrogen (secondary N) is 1. The molecule has 2 heterocycles. The molecule has 3 aromatic rings. The summed E-state index contributed by atoms with van der Waals surface area (Å²) < 4.78 is 43.1. The zero-order chi connectivity index (χ0) is 23.3. The molecule has 1 aliphatic rings. The first kappa shape index (κ1) is 23.3. The van der Waals surface area contributed by atoms with Crippen LogP contribution >= 0.6 is 11.6 Å². The van der Waals surface area contributed by atoms with E-state index in [1.165, 1.54) is 28.6 Å². The molecule has 1 saturated heterocycles. The van der Waals surface area contributed by atoms with Gasteiger partial charge in [0.15, 0.2) is 6.61 Å². The maximum absolute atomic E-state index is 12.6. The van der Waals surface area contributed by atoms with Gasteiger partial charge in [-0.05, 0) is 60.7 Å². The molecule has 33 heavy (non-hydrogen) atoms. The van der Waals surface area contributed by atoms with Gasteiger partial charge in [0, 0.05) is 23.7 Å². The van der Waals surface area contributed by atoms with E-state index in [1.54, 1.807) is 18.2 Å². The Kier molecular flexibility index (Phi) is 7.34. The summed E-state index contributed by atoms with van der Waals surface area (Å²) in [5.41, 5.74) is 0.888. The third-order valence-electron chi connectivity index (χ3n) is 5.05. The number of sulfonamides is 1. The van der Waals surface area contributed by atoms with E-state index in [4.69, 9.17) is 25.5 Å². The second kappa shape index (κ2) is 10.4. The molecule has 1 N–H and O–H groups in total. The number of nitrogens with zero attached hydrogens (tertiary/aromatic N) is 1. The molecule has 1 fully saturated rings. The fraction of sp³-hybridized carbons (Fsp3) is 0.261. The highest BCUT2D eigenvalue weighted by molar-refractivity contribution is 7.89. The van der Waals surface area contributed by atoms with Gasteiger partial charge in [0.05, 0.1) is 24.7 Å². The number of carbonyl (C=O) groups excluding carboxylic acids is 1. The van der Waals surface area contributed by atoms with Gasteiger partial charge in [0.25, 0.3) is 5.91 Å². The molecule has 1 aliphatic heterocycles. The van der Waals surface area contributed by atoms with Crippen molar-refractivity contribution in [2.45, 2.75) is 11.4 Å². The second-order valence-corrected chi connectivity index (χ2v) is 9.70. The van der Waals surface area contributed by atoms with Gasteiger partial charge in [-0.15, -0.1) is 0 Å². The number of amides is 1. The van der Waals surface area contributed by atoms with E-state index in [-0.39, 0.29) is 24.0 Å². The van der Waals surface area contributed by atoms with Gasteiger partial charge in [-0.3, -0.25) is 4.79 Å². The lowest BCUT2D eigenvalue weighted by Gasteiger charge is -2.26. The molecule has 0 atom stereocenters. The van der Waals surface area contributed by atoms with Gasteiger partial charge < -0.3 is 19.2 Å². The van der Waals surface area contributed by atoms with Gasteiger partial charge >= 0.3 is 0 Å². The van der Waals surface area contributed by atoms with Crippen LogP contribution in [0.3, 0.4) is 0 Å². The van der Waals surface area contributed by atoms with Gasteiger partial charge in [-0.25, -0.2) is 8.42 Å². The first-order valence-electron chi connectivity index (χ1n) is 10.3. The maximum Gasteiger partial charge on any atom is 0.258 e. The standard InChI is InChI=1S/C23H23ClN2O6S/c24-18-3-1-17(2-4-18)22-10-7-20(32-22)15-25-23(27)16-31-19-5-8-21(9-6-19)33(28,29)26-11-13-30-14-12-26/h1-10H,11-16H2,(H,25,27). The fourth-order valence-corrected chi connectivity index (χ4v) is 4.81. The van der Waals surface area contributed by atoms with Crippen LogP contribution in [0.4, 0.5) is 0 Å². The number of hydrogen-bond donors (Lipinski definition) is 1. The molecule has 2 aromatic carbocycles. The van der Waals surface area contributed by atoms with E-state index in [0.29, 0.717) is 48.6 Å². The Labute approximate surface area is 197 Å². The Morgan fingerprint density at radius 1 is 1.00 bits per heavy atom. The predicted molar refractivity (Wildman–Crippen MR) is 123 cm³/mol. The summed E-state index contributed by atoms with van der Waals surface area (Å²) in [6.07, 6.45) is 0. The Balaban J connectivity index is 1.26. The van der Waals surface area contributed by atoms with Crippen molar-refractivity contribution in [3.05, 3.63) is 71.4 Å². The van der Waals surface area contributed by atoms with Crippen molar-refractivity contribution in [1.29, 1.82) is 0 Å². The van der Waals surface area contributed by atoms with E-state index in [0.717, 1.165) is 5.56 Å². The minimum absolute atomic E-state index is 0.176. The highest BCUT2D eigenvalue weighted by atomic mass is 35.5. The van der Waals surface area contributed by atoms with Crippen LogP contribution in [0.25, 0.3) is 11.3 Å². The fourth-order valence-electron chi connectivity index (χ4n) is 3.27. The number of hydrogen-bond acceptors (Lipinski definition) is 6. The van der Waals surface area contributed by atoms with Crippen LogP contribution in [-0.2, 0) is 26.1 Å². The molecule has 0 radical (unpaired) electrons. The van der Waals surface area contributed by atoms with E-state index < -0.39 is 10.0 Å². The quantitative estimate of drug-likeness (QED) is 0.520. The lowest BCUT2D eigenvalue weighted by molar-refractivity contribution is -0.123. The molecule has 0 spiro atoms. The summed E-state index contributed by atoms with van der Waals surface area (Å²) in [4.78, 5) is 12.3. The molecule has 1 amide bonds. The summed E-state index contributed by atoms with van der Waals surface area (Å²) in [7, 11) is -3.57. The van der Waals surface area contributed by atoms with Crippen molar-refractivity contribution in [2.24, 2.45) is 0 Å². The zero-order valence-corrected chi connectivity index (χ0v) is 19.3. The molecule has 4 rings (SSSR count). The lowest BCUT2D eigenvalue weighted by Crippen LogP contribution is -2.40. The van der Waals surface area contributed by atoms with Crippen molar-refractivity contribution in [3.8, 4) is 17.1 Å². The average Bonchev–Trinajstić information content (AvgIpc) is 3.32. The Morgan fingerprint density at radius 3 is 2.39 bits per heavy atom. The smallest absolute Gasteiger partial charge is 0.258 e. The molecule has 10 heteroatoms. The molecular formula is C23H23ClN2O6S. The number of rotatable bonds is 8. The summed E-state index contributed by atoms with van der Waals surface area (Å²) in [5, 5.41) is 3.37. The van der Waals surface area contributed by atoms with Gasteiger partial charge in [0.1, 0.15) is 17.3 Å². The molecule has 174 valence electrons. The van der Waals surface area contributed by atoms with Gasteiger partial charge in [-0.1, -0.05) is 11.6 Å². The third kappa shape index (κ3) is 5.94. The van der Waals surface area contributed by atoms with E-state index >= 15 is 0 Å². The zero-order valence-electron chi connectivity index (χ0n) is 17.7. The largest absolute Gasteiger partial charge is 0.484 e. The van der Waals surface area contributed by atoms with Gasteiger partial charge in [-0.2, -0.15) is 4.31 Å². The SMILES string of the molecule is O=C(COc1ccc(S(=O)(=O)N2CCOCC2)cc1)NCc1ccc(-c2ccc(Cl)cc2)o1. The van der Waals surface area contributed by atoms with Crippen molar-refractivity contribution in [3.63, 3.8) is 0 Å². The molecule has 0 unspecified atom stereocenters. The molecule has 0 bridgehead atoms. The monoisotopic (exact) mass is 490 g/mol. The van der Waals surface area contributed by atoms with Crippen molar-refractivity contribution in [2.75, 3.05) is 32.9 Å². The first-order valence-corrected chi connectivity index (χ1v) is 12.2. The van der Waals surface area contributed by atoms with Gasteiger partial charge in [0.2, 0.25) is 10.0 Å². The Morgan fingerprint density at radius 2 is 1.70 bits per heavy atom. The normalized spacial score (nSPS) is 14.7. The minimum atomic E-state index is -3.57. The number of furan rings is 1. The van der Waals surface area contributed by atoms with Crippen LogP contribution in [-0.4, -0.2) is 51.5 Å². The average molecular weight is 491 g/mol. The summed E-state index contributed by atoms with van der Waals surface area (Å²) >= 11 is 5.90. The molecule has 8 nitrogen and oxygen atoms in total. The van der Waals surface area contributed by atoms with Crippen LogP contribution in [0.15, 0.2) is 70.0 Å². The van der Waals surface area contributed by atoms with E-state index in [9.17, 15) is 13.2 Å². The maximum atomic E-state index is 12.6. The highest BCUT2D eigenvalue weighted by Crippen LogP contribution is 2.24. The summed E-state index contributed by atoms with van der Waals surface area (Å²) in [6, 6.07) is 16.9. The van der Waals surface area contributed by atoms with Crippen LogP contribution < -0.4 is 10.1 Å². The van der Waals surface area contributed by atoms with E-state index in [2.05, 4.69) is 5.32 Å². The van der Waals surface area contributed by atoms with Crippen LogP contribution in [0, 0.1) is 0 Å². The number of carbonyl (C=O) groups is 1. The Bertz CT molecular complexity index is 1190. The number of halogens is 1. The third-order valence-corrected chi connectivity index (χ3v) is 7.22. The van der Waals surface area contributed by atoms with Crippen molar-refractivity contribution < 1.29 is 27.1 Å². The second-order valence-electron chi connectivity index (χ2n) is 7.33. The number of ether oxygens (including phenoxy) is 2. The van der Waals surface area contributed by atoms with Crippen LogP contribution in [0.2, 0.25) is 5.02 Å². The highest BCUT2D eigenvalue weighted by Gasteiger charge is 2.26. The summed E-state index contributed by atoms with van der Waals surface area (Å²) in [5.74, 6) is 1.35. The minimum Gasteiger partial charge on any atom is -0.484 e. The Hall–Kier alpha value is -2.85. The first-order chi connectivity index (χ1) is 15.9. The molecule has 1 aromatic heterocycles. The van der Waals surface area contributed by atoms with Crippen molar-refractivity contribution in [1.82, 2.24) is 9.62 Å². The van der Waals surface area contributed by atoms with Crippen LogP contribution in [0.5, 0.6) is 5.75 Å². The number of morpholine rings is 1. The lowest BCUT2D eigenvalue weighted by atomic mass is 10.2. The molecule has 0 saturated carbocycles.